The zero-order valence-electron chi connectivity index (χ0n) is 7.49. The van der Waals surface area contributed by atoms with Crippen LogP contribution in [0, 0.1) is 8.98 Å². The number of rotatable bonds is 3. The zero-order valence-corrected chi connectivity index (χ0v) is 10.5. The summed E-state index contributed by atoms with van der Waals surface area (Å²) in [7, 11) is -3.80. The number of anilines is 1. The molecule has 15 heavy (non-hydrogen) atoms. The molecule has 0 heterocycles. The summed E-state index contributed by atoms with van der Waals surface area (Å²) in [5, 5.41) is 6.80. The van der Waals surface area contributed by atoms with Crippen LogP contribution in [0.5, 0.6) is 0 Å². The van der Waals surface area contributed by atoms with Gasteiger partial charge in [-0.2, -0.15) is 8.42 Å². The van der Waals surface area contributed by atoms with Gasteiger partial charge >= 0.3 is 10.2 Å². The van der Waals surface area contributed by atoms with Gasteiger partial charge in [0, 0.05) is 3.57 Å². The van der Waals surface area contributed by atoms with E-state index in [4.69, 9.17) is 11.1 Å². The van der Waals surface area contributed by atoms with Crippen LogP contribution in [0.3, 0.4) is 0 Å². The summed E-state index contributed by atoms with van der Waals surface area (Å²) in [5.74, 6) is -0.631. The minimum Gasteiger partial charge on any atom is -0.369 e. The van der Waals surface area contributed by atoms with Crippen molar-refractivity contribution in [3.8, 4) is 0 Å². The Labute approximate surface area is 101 Å². The second-order valence-electron chi connectivity index (χ2n) is 2.63. The molecule has 1 rings (SSSR count). The molecule has 0 spiro atoms. The van der Waals surface area contributed by atoms with Gasteiger partial charge in [0.2, 0.25) is 5.96 Å². The van der Waals surface area contributed by atoms with Gasteiger partial charge in [-0.1, -0.05) is 0 Å². The lowest BCUT2D eigenvalue weighted by Gasteiger charge is -2.08. The summed E-state index contributed by atoms with van der Waals surface area (Å²) < 4.78 is 27.5. The molecule has 5 N–H and O–H groups in total. The number of halogens is 1. The topological polar surface area (TPSA) is 108 Å². The van der Waals surface area contributed by atoms with E-state index in [-0.39, 0.29) is 0 Å². The van der Waals surface area contributed by atoms with Crippen LogP contribution in [0.25, 0.3) is 0 Å². The van der Waals surface area contributed by atoms with Crippen LogP contribution in [0.2, 0.25) is 0 Å². The Kier molecular flexibility index (Phi) is 3.74. The molecule has 0 atom stereocenters. The number of nitrogens with one attached hydrogen (secondary N) is 3. The van der Waals surface area contributed by atoms with Gasteiger partial charge in [-0.15, -0.1) is 0 Å². The number of hydrogen-bond acceptors (Lipinski definition) is 3. The van der Waals surface area contributed by atoms with E-state index in [0.29, 0.717) is 5.69 Å². The van der Waals surface area contributed by atoms with Crippen molar-refractivity contribution in [2.24, 2.45) is 5.73 Å². The first-order valence-corrected chi connectivity index (χ1v) is 6.35. The Morgan fingerprint density at radius 1 is 1.33 bits per heavy atom. The highest BCUT2D eigenvalue weighted by Crippen LogP contribution is 2.11. The van der Waals surface area contributed by atoms with Gasteiger partial charge in [-0.25, -0.2) is 4.72 Å². The fourth-order valence-electron chi connectivity index (χ4n) is 0.843. The average molecular weight is 340 g/mol. The standard InChI is InChI=1S/C7H9IN4O2S/c8-5-1-3-6(4-2-5)11-15(13,14)12-7(9)10/h1-4,11H,(H4,9,10,12). The molecule has 8 heteroatoms. The van der Waals surface area contributed by atoms with Gasteiger partial charge in [0.05, 0.1) is 5.69 Å². The quantitative estimate of drug-likeness (QED) is 0.364. The first-order chi connectivity index (χ1) is 6.89. The van der Waals surface area contributed by atoms with Crippen LogP contribution < -0.4 is 15.2 Å². The third-order valence-electron chi connectivity index (χ3n) is 1.34. The predicted octanol–water partition coefficient (Wildman–Crippen LogP) is 0.431. The lowest BCUT2D eigenvalue weighted by Crippen LogP contribution is -2.39. The zero-order chi connectivity index (χ0) is 11.5. The highest BCUT2D eigenvalue weighted by molar-refractivity contribution is 14.1. The second-order valence-corrected chi connectivity index (χ2v) is 5.29. The van der Waals surface area contributed by atoms with Crippen LogP contribution >= 0.6 is 22.6 Å². The third kappa shape index (κ3) is 4.34. The van der Waals surface area contributed by atoms with Gasteiger partial charge in [0.15, 0.2) is 0 Å². The maximum Gasteiger partial charge on any atom is 0.323 e. The van der Waals surface area contributed by atoms with Gasteiger partial charge < -0.3 is 5.73 Å². The van der Waals surface area contributed by atoms with Crippen molar-refractivity contribution in [2.75, 3.05) is 4.72 Å². The molecule has 0 saturated carbocycles. The number of nitrogens with two attached hydrogens (primary N) is 1. The average Bonchev–Trinajstić information content (AvgIpc) is 2.06. The van der Waals surface area contributed by atoms with E-state index in [1.54, 1.807) is 29.0 Å². The fraction of sp³-hybridized carbons (Fsp3) is 0. The van der Waals surface area contributed by atoms with Crippen LogP contribution in [-0.4, -0.2) is 14.4 Å². The molecule has 82 valence electrons. The highest BCUT2D eigenvalue weighted by atomic mass is 127. The summed E-state index contributed by atoms with van der Waals surface area (Å²) in [6.45, 7) is 0. The first-order valence-electron chi connectivity index (χ1n) is 3.79. The molecule has 0 saturated heterocycles. The van der Waals surface area contributed by atoms with Gasteiger partial charge in [0.1, 0.15) is 0 Å². The lowest BCUT2D eigenvalue weighted by molar-refractivity contribution is 0.597. The fourth-order valence-corrected chi connectivity index (χ4v) is 1.99. The summed E-state index contributed by atoms with van der Waals surface area (Å²) in [4.78, 5) is 0. The Bertz CT molecular complexity index is 456. The van der Waals surface area contributed by atoms with Crippen LogP contribution in [-0.2, 0) is 10.2 Å². The SMILES string of the molecule is N=C(N)NS(=O)(=O)Nc1ccc(I)cc1. The molecular weight excluding hydrogens is 331 g/mol. The maximum atomic E-state index is 11.3. The minimum atomic E-state index is -3.80. The van der Waals surface area contributed by atoms with Crippen molar-refractivity contribution in [2.45, 2.75) is 0 Å². The van der Waals surface area contributed by atoms with E-state index in [1.165, 1.54) is 0 Å². The molecule has 0 bridgehead atoms. The third-order valence-corrected chi connectivity index (χ3v) is 3.05. The van der Waals surface area contributed by atoms with Crippen LogP contribution in [0.4, 0.5) is 5.69 Å². The number of hydrogen-bond donors (Lipinski definition) is 4. The number of guanidine groups is 1. The molecule has 0 aliphatic heterocycles. The summed E-state index contributed by atoms with van der Waals surface area (Å²) in [6, 6.07) is 6.74. The summed E-state index contributed by atoms with van der Waals surface area (Å²) in [5.41, 5.74) is 5.31. The number of benzene rings is 1. The molecule has 1 aromatic rings. The van der Waals surface area contributed by atoms with Crippen molar-refractivity contribution < 1.29 is 8.42 Å². The van der Waals surface area contributed by atoms with Crippen molar-refractivity contribution in [1.29, 1.82) is 5.41 Å². The van der Waals surface area contributed by atoms with E-state index < -0.39 is 16.2 Å². The molecular formula is C7H9IN4O2S. The van der Waals surface area contributed by atoms with Crippen molar-refractivity contribution in [1.82, 2.24) is 4.72 Å². The molecule has 0 aromatic heterocycles. The van der Waals surface area contributed by atoms with Gasteiger partial charge in [-0.3, -0.25) is 10.1 Å². The Morgan fingerprint density at radius 3 is 2.33 bits per heavy atom. The molecule has 0 unspecified atom stereocenters. The Morgan fingerprint density at radius 2 is 1.87 bits per heavy atom. The van der Waals surface area contributed by atoms with E-state index in [9.17, 15) is 8.42 Å². The Balaban J connectivity index is 2.78. The molecule has 0 fully saturated rings. The van der Waals surface area contributed by atoms with E-state index in [0.717, 1.165) is 3.57 Å². The lowest BCUT2D eigenvalue weighted by atomic mass is 10.3. The molecule has 0 amide bonds. The molecule has 6 nitrogen and oxygen atoms in total. The normalized spacial score (nSPS) is 10.7. The summed E-state index contributed by atoms with van der Waals surface area (Å²) >= 11 is 2.11. The predicted molar refractivity (Wildman–Crippen MR) is 66.8 cm³/mol. The van der Waals surface area contributed by atoms with E-state index >= 15 is 0 Å². The molecule has 0 aliphatic carbocycles. The van der Waals surface area contributed by atoms with Crippen molar-refractivity contribution in [3.63, 3.8) is 0 Å². The van der Waals surface area contributed by atoms with Crippen molar-refractivity contribution >= 4 is 44.4 Å². The molecule has 0 radical (unpaired) electrons. The first kappa shape index (κ1) is 12.0. The minimum absolute atomic E-state index is 0.407. The monoisotopic (exact) mass is 340 g/mol. The summed E-state index contributed by atoms with van der Waals surface area (Å²) in [6.07, 6.45) is 0. The second kappa shape index (κ2) is 4.66. The highest BCUT2D eigenvalue weighted by Gasteiger charge is 2.09. The van der Waals surface area contributed by atoms with Gasteiger partial charge in [-0.05, 0) is 46.9 Å². The maximum absolute atomic E-state index is 11.3. The van der Waals surface area contributed by atoms with Crippen LogP contribution in [0.15, 0.2) is 24.3 Å². The molecule has 1 aromatic carbocycles. The van der Waals surface area contributed by atoms with E-state index in [1.807, 2.05) is 0 Å². The van der Waals surface area contributed by atoms with Crippen LogP contribution in [0.1, 0.15) is 0 Å². The largest absolute Gasteiger partial charge is 0.369 e. The van der Waals surface area contributed by atoms with E-state index in [2.05, 4.69) is 27.3 Å². The smallest absolute Gasteiger partial charge is 0.323 e. The van der Waals surface area contributed by atoms with Crippen molar-refractivity contribution in [3.05, 3.63) is 27.8 Å². The molecule has 0 aliphatic rings. The van der Waals surface area contributed by atoms with Gasteiger partial charge in [0.25, 0.3) is 0 Å². The Hall–Kier alpha value is -1.03.